The third-order valence-corrected chi connectivity index (χ3v) is 5.02. The van der Waals surface area contributed by atoms with Gasteiger partial charge in [0.1, 0.15) is 10.9 Å². The minimum Gasteiger partial charge on any atom is -0.494 e. The molecule has 1 fully saturated rings. The third-order valence-electron chi connectivity index (χ3n) is 4.84. The van der Waals surface area contributed by atoms with E-state index in [9.17, 15) is 4.79 Å². The Balaban J connectivity index is 1.96. The molecule has 1 aromatic heterocycles. The summed E-state index contributed by atoms with van der Waals surface area (Å²) < 4.78 is 12.6. The summed E-state index contributed by atoms with van der Waals surface area (Å²) in [6, 6.07) is 3.90. The quantitative estimate of drug-likeness (QED) is 0.728. The summed E-state index contributed by atoms with van der Waals surface area (Å²) in [5.74, 6) is 1.50. The SMILES string of the molecule is CCOc1cc(C)c(Nc2nc(Cl)cn([C@@H](COC)C3CC3)c2=O)cc1C. The number of aryl methyl sites for hydroxylation is 2. The Bertz CT molecular complexity index is 878. The largest absolute Gasteiger partial charge is 0.494 e. The number of ether oxygens (including phenoxy) is 2. The van der Waals surface area contributed by atoms with E-state index >= 15 is 0 Å². The first-order valence-electron chi connectivity index (χ1n) is 9.23. The first-order chi connectivity index (χ1) is 12.9. The number of halogens is 1. The summed E-state index contributed by atoms with van der Waals surface area (Å²) >= 11 is 6.22. The van der Waals surface area contributed by atoms with Gasteiger partial charge in [-0.2, -0.15) is 0 Å². The molecule has 0 spiro atoms. The van der Waals surface area contributed by atoms with Crippen molar-refractivity contribution in [2.24, 2.45) is 5.92 Å². The summed E-state index contributed by atoms with van der Waals surface area (Å²) in [6.07, 6.45) is 3.80. The Labute approximate surface area is 164 Å². The van der Waals surface area contributed by atoms with E-state index in [0.29, 0.717) is 19.1 Å². The monoisotopic (exact) mass is 391 g/mol. The van der Waals surface area contributed by atoms with Crippen LogP contribution in [0.2, 0.25) is 5.15 Å². The number of anilines is 2. The molecule has 0 amide bonds. The van der Waals surface area contributed by atoms with Gasteiger partial charge in [-0.15, -0.1) is 0 Å². The maximum absolute atomic E-state index is 13.0. The minimum absolute atomic E-state index is 0.0216. The van der Waals surface area contributed by atoms with Crippen molar-refractivity contribution in [3.8, 4) is 5.75 Å². The molecule has 2 aromatic rings. The van der Waals surface area contributed by atoms with Crippen molar-refractivity contribution in [1.82, 2.24) is 9.55 Å². The second kappa shape index (κ2) is 8.31. The van der Waals surface area contributed by atoms with Gasteiger partial charge in [0.25, 0.3) is 5.56 Å². The molecule has 1 aliphatic carbocycles. The van der Waals surface area contributed by atoms with E-state index in [1.165, 1.54) is 0 Å². The average molecular weight is 392 g/mol. The molecule has 7 heteroatoms. The molecule has 0 saturated heterocycles. The van der Waals surface area contributed by atoms with E-state index in [4.69, 9.17) is 21.1 Å². The number of hydrogen-bond acceptors (Lipinski definition) is 5. The van der Waals surface area contributed by atoms with E-state index in [-0.39, 0.29) is 22.6 Å². The summed E-state index contributed by atoms with van der Waals surface area (Å²) in [5, 5.41) is 3.44. The number of nitrogens with zero attached hydrogens (tertiary/aromatic N) is 2. The summed E-state index contributed by atoms with van der Waals surface area (Å²) in [7, 11) is 1.65. The second-order valence-electron chi connectivity index (χ2n) is 6.98. The van der Waals surface area contributed by atoms with Crippen LogP contribution in [0.1, 0.15) is 36.9 Å². The van der Waals surface area contributed by atoms with Crippen molar-refractivity contribution < 1.29 is 9.47 Å². The first-order valence-corrected chi connectivity index (χ1v) is 9.61. The fraction of sp³-hybridized carbons (Fsp3) is 0.500. The lowest BCUT2D eigenvalue weighted by Crippen LogP contribution is -2.30. The van der Waals surface area contributed by atoms with Crippen LogP contribution in [0.15, 0.2) is 23.1 Å². The standard InChI is InChI=1S/C20H26ClN3O3/c1-5-27-17-9-12(2)15(8-13(17)3)22-19-20(25)24(10-18(21)23-19)16(11-26-4)14-6-7-14/h8-10,14,16H,5-7,11H2,1-4H3,(H,22,23)/t16-/m0/s1. The zero-order valence-electron chi connectivity index (χ0n) is 16.2. The molecule has 1 atom stereocenters. The van der Waals surface area contributed by atoms with Gasteiger partial charge in [0.15, 0.2) is 5.82 Å². The van der Waals surface area contributed by atoms with Gasteiger partial charge in [-0.1, -0.05) is 11.6 Å². The molecule has 0 radical (unpaired) electrons. The Morgan fingerprint density at radius 2 is 2.07 bits per heavy atom. The first kappa shape index (κ1) is 19.7. The van der Waals surface area contributed by atoms with Gasteiger partial charge < -0.3 is 19.4 Å². The third kappa shape index (κ3) is 4.45. The van der Waals surface area contributed by atoms with Crippen LogP contribution in [-0.2, 0) is 4.74 Å². The number of hydrogen-bond donors (Lipinski definition) is 1. The molecule has 1 aromatic carbocycles. The number of nitrogens with one attached hydrogen (secondary N) is 1. The molecule has 1 N–H and O–H groups in total. The van der Waals surface area contributed by atoms with Crippen LogP contribution in [0.5, 0.6) is 5.75 Å². The fourth-order valence-corrected chi connectivity index (χ4v) is 3.45. The highest BCUT2D eigenvalue weighted by Gasteiger charge is 2.33. The molecule has 6 nitrogen and oxygen atoms in total. The van der Waals surface area contributed by atoms with E-state index in [0.717, 1.165) is 35.4 Å². The van der Waals surface area contributed by atoms with Gasteiger partial charge in [-0.25, -0.2) is 4.98 Å². The molecular weight excluding hydrogens is 366 g/mol. The maximum Gasteiger partial charge on any atom is 0.294 e. The second-order valence-corrected chi connectivity index (χ2v) is 7.36. The zero-order chi connectivity index (χ0) is 19.6. The number of aromatic nitrogens is 2. The highest BCUT2D eigenvalue weighted by Crippen LogP contribution is 2.39. The smallest absolute Gasteiger partial charge is 0.294 e. The van der Waals surface area contributed by atoms with E-state index in [1.807, 2.05) is 32.9 Å². The van der Waals surface area contributed by atoms with Crippen molar-refractivity contribution in [2.45, 2.75) is 39.7 Å². The van der Waals surface area contributed by atoms with Crippen LogP contribution >= 0.6 is 11.6 Å². The average Bonchev–Trinajstić information content (AvgIpc) is 3.45. The predicted octanol–water partition coefficient (Wildman–Crippen LogP) is 4.25. The summed E-state index contributed by atoms with van der Waals surface area (Å²) in [6.45, 7) is 6.98. The maximum atomic E-state index is 13.0. The highest BCUT2D eigenvalue weighted by molar-refractivity contribution is 6.29. The lowest BCUT2D eigenvalue weighted by Gasteiger charge is -2.20. The van der Waals surface area contributed by atoms with Gasteiger partial charge in [0, 0.05) is 19.0 Å². The van der Waals surface area contributed by atoms with Gasteiger partial charge in [-0.05, 0) is 62.8 Å². The van der Waals surface area contributed by atoms with E-state index in [2.05, 4.69) is 10.3 Å². The Kier molecular flexibility index (Phi) is 6.07. The Morgan fingerprint density at radius 1 is 1.33 bits per heavy atom. The molecule has 0 bridgehead atoms. The lowest BCUT2D eigenvalue weighted by molar-refractivity contribution is 0.143. The molecule has 27 heavy (non-hydrogen) atoms. The Hall–Kier alpha value is -2.05. The van der Waals surface area contributed by atoms with Gasteiger partial charge in [-0.3, -0.25) is 4.79 Å². The molecule has 1 aliphatic rings. The normalized spacial score (nSPS) is 14.9. The van der Waals surface area contributed by atoms with Gasteiger partial charge >= 0.3 is 0 Å². The summed E-state index contributed by atoms with van der Waals surface area (Å²) in [5.41, 5.74) is 2.57. The molecular formula is C20H26ClN3O3. The van der Waals surface area contributed by atoms with Crippen LogP contribution in [0.3, 0.4) is 0 Å². The molecule has 3 rings (SSSR count). The lowest BCUT2D eigenvalue weighted by atomic mass is 10.1. The molecule has 146 valence electrons. The molecule has 1 heterocycles. The highest BCUT2D eigenvalue weighted by atomic mass is 35.5. The van der Waals surface area contributed by atoms with Gasteiger partial charge in [0.05, 0.1) is 19.3 Å². The molecule has 1 saturated carbocycles. The summed E-state index contributed by atoms with van der Waals surface area (Å²) in [4.78, 5) is 17.3. The van der Waals surface area contributed by atoms with Gasteiger partial charge in [0.2, 0.25) is 0 Å². The van der Waals surface area contributed by atoms with Crippen LogP contribution in [0.4, 0.5) is 11.5 Å². The number of rotatable bonds is 8. The Morgan fingerprint density at radius 3 is 2.70 bits per heavy atom. The van der Waals surface area contributed by atoms with E-state index < -0.39 is 0 Å². The molecule has 0 unspecified atom stereocenters. The fourth-order valence-electron chi connectivity index (χ4n) is 3.27. The molecule has 0 aliphatic heterocycles. The number of methoxy groups -OCH3 is 1. The zero-order valence-corrected chi connectivity index (χ0v) is 17.0. The number of benzene rings is 1. The predicted molar refractivity (Wildman–Crippen MR) is 108 cm³/mol. The van der Waals surface area contributed by atoms with Crippen LogP contribution in [0.25, 0.3) is 0 Å². The van der Waals surface area contributed by atoms with Crippen LogP contribution in [-0.4, -0.2) is 29.9 Å². The van der Waals surface area contributed by atoms with Crippen molar-refractivity contribution in [2.75, 3.05) is 25.6 Å². The van der Waals surface area contributed by atoms with Crippen molar-refractivity contribution in [1.29, 1.82) is 0 Å². The minimum atomic E-state index is -0.195. The van der Waals surface area contributed by atoms with Crippen molar-refractivity contribution in [3.05, 3.63) is 45.0 Å². The van der Waals surface area contributed by atoms with Crippen LogP contribution < -0.4 is 15.6 Å². The van der Waals surface area contributed by atoms with Crippen molar-refractivity contribution in [3.63, 3.8) is 0 Å². The van der Waals surface area contributed by atoms with Crippen molar-refractivity contribution >= 4 is 23.1 Å². The van der Waals surface area contributed by atoms with E-state index in [1.54, 1.807) is 17.9 Å². The van der Waals surface area contributed by atoms with Crippen LogP contribution in [0, 0.1) is 19.8 Å². The topological polar surface area (TPSA) is 65.4 Å².